The molecule has 0 bridgehead atoms. The van der Waals surface area contributed by atoms with Crippen molar-refractivity contribution in [3.8, 4) is 0 Å². The number of hydrogen-bond acceptors (Lipinski definition) is 2. The number of amides is 1. The van der Waals surface area contributed by atoms with Crippen LogP contribution in [-0.4, -0.2) is 34.6 Å². The van der Waals surface area contributed by atoms with E-state index in [0.29, 0.717) is 24.6 Å². The van der Waals surface area contributed by atoms with Crippen LogP contribution in [0.1, 0.15) is 28.8 Å². The first-order chi connectivity index (χ1) is 8.49. The first kappa shape index (κ1) is 12.2. The predicted molar refractivity (Wildman–Crippen MR) is 72.5 cm³/mol. The minimum absolute atomic E-state index is 0.0101. The molecule has 1 aliphatic heterocycles. The minimum atomic E-state index is -0.605. The van der Waals surface area contributed by atoms with Gasteiger partial charge in [0, 0.05) is 4.47 Å². The molecule has 2 aliphatic rings. The van der Waals surface area contributed by atoms with Gasteiger partial charge in [0.1, 0.15) is 5.60 Å². The zero-order chi connectivity index (χ0) is 12.9. The molecule has 0 radical (unpaired) electrons. The summed E-state index contributed by atoms with van der Waals surface area (Å²) in [4.78, 5) is 14.0. The average molecular weight is 310 g/mol. The van der Waals surface area contributed by atoms with Gasteiger partial charge >= 0.3 is 0 Å². The molecule has 1 saturated heterocycles. The van der Waals surface area contributed by atoms with Crippen LogP contribution in [0.15, 0.2) is 22.7 Å². The molecule has 3 nitrogen and oxygen atoms in total. The van der Waals surface area contributed by atoms with Crippen molar-refractivity contribution in [3.63, 3.8) is 0 Å². The molecule has 1 aliphatic carbocycles. The SMILES string of the molecule is Cc1ccc(Br)c(C(=O)N2CC(O)(C3CC3)C2)c1. The summed E-state index contributed by atoms with van der Waals surface area (Å²) < 4.78 is 0.819. The molecule has 0 aromatic heterocycles. The molecule has 96 valence electrons. The number of aliphatic hydroxyl groups is 1. The number of halogens is 1. The Balaban J connectivity index is 1.74. The van der Waals surface area contributed by atoms with Crippen molar-refractivity contribution in [2.75, 3.05) is 13.1 Å². The highest BCUT2D eigenvalue weighted by Gasteiger charge is 2.53. The molecule has 1 aromatic carbocycles. The molecule has 0 unspecified atom stereocenters. The van der Waals surface area contributed by atoms with E-state index in [9.17, 15) is 9.90 Å². The fraction of sp³-hybridized carbons (Fsp3) is 0.500. The monoisotopic (exact) mass is 309 g/mol. The van der Waals surface area contributed by atoms with Crippen molar-refractivity contribution in [2.45, 2.75) is 25.4 Å². The fourth-order valence-corrected chi connectivity index (χ4v) is 3.03. The molecule has 1 aromatic rings. The van der Waals surface area contributed by atoms with Crippen molar-refractivity contribution < 1.29 is 9.90 Å². The highest BCUT2D eigenvalue weighted by atomic mass is 79.9. The minimum Gasteiger partial charge on any atom is -0.386 e. The summed E-state index contributed by atoms with van der Waals surface area (Å²) in [5, 5.41) is 10.2. The third-order valence-corrected chi connectivity index (χ3v) is 4.60. The first-order valence-corrected chi connectivity index (χ1v) is 7.07. The van der Waals surface area contributed by atoms with Crippen molar-refractivity contribution >= 4 is 21.8 Å². The smallest absolute Gasteiger partial charge is 0.255 e. The summed E-state index contributed by atoms with van der Waals surface area (Å²) in [6, 6.07) is 5.76. The van der Waals surface area contributed by atoms with Crippen LogP contribution in [0.2, 0.25) is 0 Å². The maximum Gasteiger partial charge on any atom is 0.255 e. The van der Waals surface area contributed by atoms with Crippen LogP contribution in [0, 0.1) is 12.8 Å². The molecule has 18 heavy (non-hydrogen) atoms. The van der Waals surface area contributed by atoms with E-state index in [-0.39, 0.29) is 5.91 Å². The number of carbonyl (C=O) groups is 1. The largest absolute Gasteiger partial charge is 0.386 e. The van der Waals surface area contributed by atoms with E-state index in [0.717, 1.165) is 22.9 Å². The summed E-state index contributed by atoms with van der Waals surface area (Å²) in [6.07, 6.45) is 2.21. The number of likely N-dealkylation sites (tertiary alicyclic amines) is 1. The van der Waals surface area contributed by atoms with E-state index in [1.54, 1.807) is 4.90 Å². The molecule has 1 N–H and O–H groups in total. The van der Waals surface area contributed by atoms with Gasteiger partial charge in [-0.05, 0) is 53.7 Å². The van der Waals surface area contributed by atoms with Gasteiger partial charge in [0.05, 0.1) is 18.7 Å². The van der Waals surface area contributed by atoms with Crippen LogP contribution in [-0.2, 0) is 0 Å². The summed E-state index contributed by atoms with van der Waals surface area (Å²) in [5.74, 6) is 0.429. The zero-order valence-electron chi connectivity index (χ0n) is 10.3. The molecule has 0 atom stereocenters. The fourth-order valence-electron chi connectivity index (χ4n) is 2.61. The van der Waals surface area contributed by atoms with Crippen molar-refractivity contribution in [1.29, 1.82) is 0 Å². The van der Waals surface area contributed by atoms with E-state index in [1.807, 2.05) is 25.1 Å². The number of nitrogens with zero attached hydrogens (tertiary/aromatic N) is 1. The van der Waals surface area contributed by atoms with Gasteiger partial charge in [0.25, 0.3) is 5.91 Å². The van der Waals surface area contributed by atoms with E-state index >= 15 is 0 Å². The Bertz CT molecular complexity index is 505. The van der Waals surface area contributed by atoms with Crippen molar-refractivity contribution in [3.05, 3.63) is 33.8 Å². The van der Waals surface area contributed by atoms with E-state index in [1.165, 1.54) is 0 Å². The molecular formula is C14H16BrNO2. The number of aryl methyl sites for hydroxylation is 1. The Labute approximate surface area is 115 Å². The number of β-amino-alcohol motifs (C(OH)–C–C–N with tert-alkyl or cyclic N) is 1. The van der Waals surface area contributed by atoms with E-state index in [2.05, 4.69) is 15.9 Å². The summed E-state index contributed by atoms with van der Waals surface area (Å²) in [7, 11) is 0. The second-order valence-corrected chi connectivity index (χ2v) is 6.38. The predicted octanol–water partition coefficient (Wildman–Crippen LogP) is 2.35. The van der Waals surface area contributed by atoms with Gasteiger partial charge in [-0.25, -0.2) is 0 Å². The number of rotatable bonds is 2. The highest BCUT2D eigenvalue weighted by Crippen LogP contribution is 2.44. The summed E-state index contributed by atoms with van der Waals surface area (Å²) >= 11 is 3.41. The van der Waals surface area contributed by atoms with Gasteiger partial charge in [-0.15, -0.1) is 0 Å². The van der Waals surface area contributed by atoms with Gasteiger partial charge in [-0.2, -0.15) is 0 Å². The Morgan fingerprint density at radius 1 is 1.44 bits per heavy atom. The van der Waals surface area contributed by atoms with Crippen molar-refractivity contribution in [1.82, 2.24) is 4.90 Å². The first-order valence-electron chi connectivity index (χ1n) is 6.27. The van der Waals surface area contributed by atoms with E-state index in [4.69, 9.17) is 0 Å². The van der Waals surface area contributed by atoms with Gasteiger partial charge in [-0.1, -0.05) is 11.6 Å². The molecule has 0 spiro atoms. The number of benzene rings is 1. The third-order valence-electron chi connectivity index (χ3n) is 3.91. The lowest BCUT2D eigenvalue weighted by atomic mass is 9.88. The third kappa shape index (κ3) is 1.97. The van der Waals surface area contributed by atoms with Crippen LogP contribution in [0.4, 0.5) is 0 Å². The van der Waals surface area contributed by atoms with Gasteiger partial charge < -0.3 is 10.0 Å². The van der Waals surface area contributed by atoms with Gasteiger partial charge in [0.2, 0.25) is 0 Å². The zero-order valence-corrected chi connectivity index (χ0v) is 11.9. The standard InChI is InChI=1S/C14H16BrNO2/c1-9-2-5-12(15)11(6-9)13(17)16-7-14(18,8-16)10-3-4-10/h2,5-6,10,18H,3-4,7-8H2,1H3. The Kier molecular flexibility index (Phi) is 2.75. The van der Waals surface area contributed by atoms with E-state index < -0.39 is 5.60 Å². The Morgan fingerprint density at radius 3 is 2.72 bits per heavy atom. The number of carbonyl (C=O) groups excluding carboxylic acids is 1. The van der Waals surface area contributed by atoms with Crippen LogP contribution in [0.25, 0.3) is 0 Å². The molecular weight excluding hydrogens is 294 g/mol. The lowest BCUT2D eigenvalue weighted by molar-refractivity contribution is -0.0958. The van der Waals surface area contributed by atoms with Crippen LogP contribution in [0.5, 0.6) is 0 Å². The summed E-state index contributed by atoms with van der Waals surface area (Å²) in [5.41, 5.74) is 1.15. The quantitative estimate of drug-likeness (QED) is 0.911. The van der Waals surface area contributed by atoms with Crippen LogP contribution >= 0.6 is 15.9 Å². The lowest BCUT2D eigenvalue weighted by Crippen LogP contribution is -2.64. The molecule has 2 fully saturated rings. The maximum atomic E-state index is 12.3. The van der Waals surface area contributed by atoms with Crippen LogP contribution < -0.4 is 0 Å². The topological polar surface area (TPSA) is 40.5 Å². The van der Waals surface area contributed by atoms with Crippen molar-refractivity contribution in [2.24, 2.45) is 5.92 Å². The average Bonchev–Trinajstić information content (AvgIpc) is 3.11. The lowest BCUT2D eigenvalue weighted by Gasteiger charge is -2.47. The normalized spacial score (nSPS) is 21.6. The second kappa shape index (κ2) is 4.07. The van der Waals surface area contributed by atoms with Gasteiger partial charge in [-0.3, -0.25) is 4.79 Å². The molecule has 1 heterocycles. The number of hydrogen-bond donors (Lipinski definition) is 1. The molecule has 3 rings (SSSR count). The molecule has 1 saturated carbocycles. The molecule has 4 heteroatoms. The van der Waals surface area contributed by atoms with Gasteiger partial charge in [0.15, 0.2) is 0 Å². The summed E-state index contributed by atoms with van der Waals surface area (Å²) in [6.45, 7) is 2.94. The highest BCUT2D eigenvalue weighted by molar-refractivity contribution is 9.10. The Hall–Kier alpha value is -0.870. The Morgan fingerprint density at radius 2 is 2.11 bits per heavy atom. The maximum absolute atomic E-state index is 12.3. The second-order valence-electron chi connectivity index (χ2n) is 5.52. The molecule has 1 amide bonds. The van der Waals surface area contributed by atoms with Crippen LogP contribution in [0.3, 0.4) is 0 Å².